The summed E-state index contributed by atoms with van der Waals surface area (Å²) < 4.78 is 5.47. The number of carbonyl (C=O) groups is 1. The van der Waals surface area contributed by atoms with Crippen LogP contribution in [-0.2, 0) is 12.8 Å². The van der Waals surface area contributed by atoms with Crippen LogP contribution in [0.15, 0.2) is 45.6 Å². The third-order valence-corrected chi connectivity index (χ3v) is 5.25. The summed E-state index contributed by atoms with van der Waals surface area (Å²) in [6.07, 6.45) is 2.53. The molecular formula is C22H28N2O3. The van der Waals surface area contributed by atoms with Crippen LogP contribution in [0.4, 0.5) is 0 Å². The summed E-state index contributed by atoms with van der Waals surface area (Å²) in [6, 6.07) is 12.1. The lowest BCUT2D eigenvalue weighted by molar-refractivity contribution is 0.0637. The van der Waals surface area contributed by atoms with Gasteiger partial charge in [0.2, 0.25) is 0 Å². The molecule has 1 saturated heterocycles. The van der Waals surface area contributed by atoms with Gasteiger partial charge >= 0.3 is 5.63 Å². The van der Waals surface area contributed by atoms with Gasteiger partial charge in [0.15, 0.2) is 0 Å². The fraction of sp³-hybridized carbons (Fsp3) is 0.455. The van der Waals surface area contributed by atoms with E-state index in [1.54, 1.807) is 4.90 Å². The number of rotatable bonds is 6. The molecule has 0 unspecified atom stereocenters. The first kappa shape index (κ1) is 19.4. The number of piperazine rings is 1. The van der Waals surface area contributed by atoms with Crippen molar-refractivity contribution in [2.45, 2.75) is 33.1 Å². The highest BCUT2D eigenvalue weighted by molar-refractivity contribution is 5.95. The minimum Gasteiger partial charge on any atom is -0.427 e. The molecule has 0 bridgehead atoms. The normalized spacial score (nSPS) is 15.1. The Kier molecular flexibility index (Phi) is 6.45. The van der Waals surface area contributed by atoms with Crippen LogP contribution >= 0.6 is 0 Å². The Morgan fingerprint density at radius 1 is 1.07 bits per heavy atom. The van der Waals surface area contributed by atoms with Crippen LogP contribution in [0.5, 0.6) is 0 Å². The van der Waals surface area contributed by atoms with Crippen molar-refractivity contribution in [3.63, 3.8) is 0 Å². The number of amides is 1. The Balaban J connectivity index is 1.64. The van der Waals surface area contributed by atoms with Gasteiger partial charge in [0, 0.05) is 32.6 Å². The van der Waals surface area contributed by atoms with Crippen LogP contribution in [0, 0.1) is 6.92 Å². The summed E-state index contributed by atoms with van der Waals surface area (Å²) in [7, 11) is 0. The summed E-state index contributed by atoms with van der Waals surface area (Å²) in [5.74, 6) is 0.452. The van der Waals surface area contributed by atoms with Crippen molar-refractivity contribution in [1.82, 2.24) is 9.80 Å². The molecule has 1 aliphatic heterocycles. The fourth-order valence-corrected chi connectivity index (χ4v) is 3.59. The maximum Gasteiger partial charge on any atom is 0.349 e. The van der Waals surface area contributed by atoms with Gasteiger partial charge in [0.1, 0.15) is 11.3 Å². The van der Waals surface area contributed by atoms with Crippen LogP contribution < -0.4 is 5.63 Å². The van der Waals surface area contributed by atoms with E-state index in [-0.39, 0.29) is 11.5 Å². The van der Waals surface area contributed by atoms with Crippen LogP contribution in [0.2, 0.25) is 0 Å². The SMILES string of the molecule is CCN1CCN(C(=O)c2c(C)cc(CCCc3ccccc3)oc2=O)CC1. The molecule has 27 heavy (non-hydrogen) atoms. The standard InChI is InChI=1S/C22H28N2O3/c1-3-23-12-14-24(15-13-23)21(25)20-17(2)16-19(27-22(20)26)11-7-10-18-8-5-4-6-9-18/h4-6,8-9,16H,3,7,10-15H2,1-2H3. The molecule has 144 valence electrons. The minimum absolute atomic E-state index is 0.187. The molecule has 1 aliphatic rings. The van der Waals surface area contributed by atoms with Gasteiger partial charge in [0.25, 0.3) is 5.91 Å². The van der Waals surface area contributed by atoms with Gasteiger partial charge in [-0.25, -0.2) is 4.79 Å². The average molecular weight is 368 g/mol. The van der Waals surface area contributed by atoms with Crippen molar-refractivity contribution >= 4 is 5.91 Å². The molecule has 0 spiro atoms. The number of aryl methyl sites for hydroxylation is 3. The number of hydrogen-bond donors (Lipinski definition) is 0. The van der Waals surface area contributed by atoms with Crippen molar-refractivity contribution in [3.05, 3.63) is 69.3 Å². The molecule has 2 heterocycles. The molecular weight excluding hydrogens is 340 g/mol. The lowest BCUT2D eigenvalue weighted by Crippen LogP contribution is -2.49. The van der Waals surface area contributed by atoms with E-state index in [0.29, 0.717) is 30.8 Å². The first-order valence-corrected chi connectivity index (χ1v) is 9.77. The van der Waals surface area contributed by atoms with Crippen molar-refractivity contribution < 1.29 is 9.21 Å². The van der Waals surface area contributed by atoms with E-state index in [9.17, 15) is 9.59 Å². The molecule has 0 atom stereocenters. The summed E-state index contributed by atoms with van der Waals surface area (Å²) in [6.45, 7) is 7.95. The quantitative estimate of drug-likeness (QED) is 0.787. The van der Waals surface area contributed by atoms with Gasteiger partial charge in [-0.05, 0) is 43.5 Å². The summed E-state index contributed by atoms with van der Waals surface area (Å²) in [5, 5.41) is 0. The first-order valence-electron chi connectivity index (χ1n) is 9.77. The van der Waals surface area contributed by atoms with E-state index in [4.69, 9.17) is 4.42 Å². The molecule has 0 aliphatic carbocycles. The largest absolute Gasteiger partial charge is 0.427 e. The molecule has 5 nitrogen and oxygen atoms in total. The topological polar surface area (TPSA) is 53.8 Å². The molecule has 2 aromatic rings. The fourth-order valence-electron chi connectivity index (χ4n) is 3.59. The summed E-state index contributed by atoms with van der Waals surface area (Å²) in [4.78, 5) is 29.3. The van der Waals surface area contributed by atoms with E-state index < -0.39 is 5.63 Å². The highest BCUT2D eigenvalue weighted by Crippen LogP contribution is 2.14. The second-order valence-electron chi connectivity index (χ2n) is 7.12. The summed E-state index contributed by atoms with van der Waals surface area (Å²) >= 11 is 0. The highest BCUT2D eigenvalue weighted by atomic mass is 16.4. The highest BCUT2D eigenvalue weighted by Gasteiger charge is 2.25. The number of likely N-dealkylation sites (N-methyl/N-ethyl adjacent to an activating group) is 1. The second kappa shape index (κ2) is 9.00. The van der Waals surface area contributed by atoms with E-state index in [0.717, 1.165) is 32.5 Å². The lowest BCUT2D eigenvalue weighted by Gasteiger charge is -2.34. The molecule has 1 amide bonds. The molecule has 0 N–H and O–H groups in total. The number of nitrogens with zero attached hydrogens (tertiary/aromatic N) is 2. The van der Waals surface area contributed by atoms with Crippen LogP contribution in [0.3, 0.4) is 0 Å². The van der Waals surface area contributed by atoms with Crippen molar-refractivity contribution in [2.75, 3.05) is 32.7 Å². The molecule has 5 heteroatoms. The van der Waals surface area contributed by atoms with E-state index in [1.807, 2.05) is 31.2 Å². The molecule has 0 radical (unpaired) electrons. The van der Waals surface area contributed by atoms with Gasteiger partial charge in [-0.1, -0.05) is 37.3 Å². The van der Waals surface area contributed by atoms with Gasteiger partial charge in [-0.2, -0.15) is 0 Å². The van der Waals surface area contributed by atoms with E-state index >= 15 is 0 Å². The Morgan fingerprint density at radius 3 is 2.41 bits per heavy atom. The lowest BCUT2D eigenvalue weighted by atomic mass is 10.1. The van der Waals surface area contributed by atoms with Crippen LogP contribution in [0.1, 0.15) is 40.6 Å². The second-order valence-corrected chi connectivity index (χ2v) is 7.12. The number of carbonyl (C=O) groups excluding carboxylic acids is 1. The smallest absolute Gasteiger partial charge is 0.349 e. The Labute approximate surface area is 160 Å². The molecule has 1 fully saturated rings. The van der Waals surface area contributed by atoms with E-state index in [2.05, 4.69) is 24.0 Å². The maximum absolute atomic E-state index is 12.8. The summed E-state index contributed by atoms with van der Waals surface area (Å²) in [5.41, 5.74) is 1.66. The van der Waals surface area contributed by atoms with Crippen LogP contribution in [-0.4, -0.2) is 48.4 Å². The van der Waals surface area contributed by atoms with Crippen LogP contribution in [0.25, 0.3) is 0 Å². The average Bonchev–Trinajstić information content (AvgIpc) is 2.68. The molecule has 0 saturated carbocycles. The predicted molar refractivity (Wildman–Crippen MR) is 106 cm³/mol. The Hall–Kier alpha value is -2.40. The molecule has 1 aromatic heterocycles. The monoisotopic (exact) mass is 368 g/mol. The Morgan fingerprint density at radius 2 is 1.78 bits per heavy atom. The third-order valence-electron chi connectivity index (χ3n) is 5.25. The molecule has 1 aromatic carbocycles. The van der Waals surface area contributed by atoms with Crippen molar-refractivity contribution in [1.29, 1.82) is 0 Å². The van der Waals surface area contributed by atoms with Crippen molar-refractivity contribution in [3.8, 4) is 0 Å². The number of hydrogen-bond acceptors (Lipinski definition) is 4. The third kappa shape index (κ3) is 4.86. The van der Waals surface area contributed by atoms with Gasteiger partial charge in [0.05, 0.1) is 0 Å². The zero-order valence-corrected chi connectivity index (χ0v) is 16.2. The van der Waals surface area contributed by atoms with E-state index in [1.165, 1.54) is 5.56 Å². The van der Waals surface area contributed by atoms with Gasteiger partial charge in [-0.15, -0.1) is 0 Å². The van der Waals surface area contributed by atoms with Crippen molar-refractivity contribution in [2.24, 2.45) is 0 Å². The molecule has 3 rings (SSSR count). The maximum atomic E-state index is 12.8. The predicted octanol–water partition coefficient (Wildman–Crippen LogP) is 2.90. The zero-order valence-electron chi connectivity index (χ0n) is 16.2. The Bertz CT molecular complexity index is 821. The van der Waals surface area contributed by atoms with Gasteiger partial charge in [-0.3, -0.25) is 4.79 Å². The minimum atomic E-state index is -0.507. The first-order chi connectivity index (χ1) is 13.1. The van der Waals surface area contributed by atoms with Gasteiger partial charge < -0.3 is 14.2 Å². The zero-order chi connectivity index (χ0) is 19.2. The number of benzene rings is 1.